The molecule has 1 aliphatic heterocycles. The normalized spacial score (nSPS) is 24.6. The highest BCUT2D eigenvalue weighted by Gasteiger charge is 2.28. The Labute approximate surface area is 61.4 Å². The van der Waals surface area contributed by atoms with Gasteiger partial charge in [0.25, 0.3) is 0 Å². The van der Waals surface area contributed by atoms with E-state index in [1.165, 1.54) is 0 Å². The van der Waals surface area contributed by atoms with Crippen LogP contribution in [-0.4, -0.2) is 37.5 Å². The second-order valence-corrected chi connectivity index (χ2v) is 2.87. The van der Waals surface area contributed by atoms with Gasteiger partial charge in [-0.05, 0) is 7.05 Å². The maximum Gasteiger partial charge on any atom is 0.0815 e. The Morgan fingerprint density at radius 2 is 2.10 bits per heavy atom. The van der Waals surface area contributed by atoms with Crippen LogP contribution in [0.25, 0.3) is 0 Å². The SMILES string of the molecule is CNCC1(O)CCOCC1. The van der Waals surface area contributed by atoms with Gasteiger partial charge in [-0.25, -0.2) is 0 Å². The summed E-state index contributed by atoms with van der Waals surface area (Å²) < 4.78 is 5.12. The Morgan fingerprint density at radius 1 is 1.50 bits per heavy atom. The first kappa shape index (κ1) is 7.98. The number of ether oxygens (including phenoxy) is 1. The van der Waals surface area contributed by atoms with Crippen LogP contribution in [-0.2, 0) is 4.74 Å². The van der Waals surface area contributed by atoms with Crippen molar-refractivity contribution in [1.82, 2.24) is 5.32 Å². The summed E-state index contributed by atoms with van der Waals surface area (Å²) in [5, 5.41) is 12.7. The predicted molar refractivity (Wildman–Crippen MR) is 38.9 cm³/mol. The van der Waals surface area contributed by atoms with Gasteiger partial charge in [-0.3, -0.25) is 0 Å². The van der Waals surface area contributed by atoms with Crippen molar-refractivity contribution in [2.24, 2.45) is 0 Å². The van der Waals surface area contributed by atoms with Crippen molar-refractivity contribution in [3.05, 3.63) is 0 Å². The van der Waals surface area contributed by atoms with Gasteiger partial charge >= 0.3 is 0 Å². The van der Waals surface area contributed by atoms with Crippen LogP contribution >= 0.6 is 0 Å². The van der Waals surface area contributed by atoms with Gasteiger partial charge in [0.1, 0.15) is 0 Å². The van der Waals surface area contributed by atoms with E-state index in [1.54, 1.807) is 0 Å². The van der Waals surface area contributed by atoms with Crippen LogP contribution in [0.3, 0.4) is 0 Å². The second-order valence-electron chi connectivity index (χ2n) is 2.87. The van der Waals surface area contributed by atoms with Crippen LogP contribution in [0, 0.1) is 0 Å². The Bertz CT molecular complexity index is 94.3. The van der Waals surface area contributed by atoms with Gasteiger partial charge in [0.05, 0.1) is 5.60 Å². The topological polar surface area (TPSA) is 41.5 Å². The molecule has 1 fully saturated rings. The lowest BCUT2D eigenvalue weighted by molar-refractivity contribution is -0.0606. The molecule has 0 spiro atoms. The van der Waals surface area contributed by atoms with Gasteiger partial charge in [-0.2, -0.15) is 0 Å². The van der Waals surface area contributed by atoms with Crippen molar-refractivity contribution in [2.45, 2.75) is 18.4 Å². The highest BCUT2D eigenvalue weighted by atomic mass is 16.5. The zero-order valence-electron chi connectivity index (χ0n) is 6.39. The molecule has 1 rings (SSSR count). The van der Waals surface area contributed by atoms with E-state index in [0.717, 1.165) is 12.8 Å². The maximum absolute atomic E-state index is 9.73. The van der Waals surface area contributed by atoms with Crippen LogP contribution < -0.4 is 5.32 Å². The monoisotopic (exact) mass is 145 g/mol. The van der Waals surface area contributed by atoms with Gasteiger partial charge in [0, 0.05) is 32.6 Å². The van der Waals surface area contributed by atoms with Crippen molar-refractivity contribution in [3.8, 4) is 0 Å². The number of hydrogen-bond acceptors (Lipinski definition) is 3. The van der Waals surface area contributed by atoms with E-state index in [4.69, 9.17) is 4.74 Å². The molecule has 0 saturated carbocycles. The largest absolute Gasteiger partial charge is 0.388 e. The molecule has 0 aromatic heterocycles. The summed E-state index contributed by atoms with van der Waals surface area (Å²) in [4.78, 5) is 0. The third-order valence-electron chi connectivity index (χ3n) is 1.93. The fraction of sp³-hybridized carbons (Fsp3) is 1.00. The van der Waals surface area contributed by atoms with Gasteiger partial charge in [0.15, 0.2) is 0 Å². The first-order chi connectivity index (χ1) is 4.77. The molecule has 3 heteroatoms. The summed E-state index contributed by atoms with van der Waals surface area (Å²) in [6, 6.07) is 0. The van der Waals surface area contributed by atoms with E-state index >= 15 is 0 Å². The highest BCUT2D eigenvalue weighted by Crippen LogP contribution is 2.18. The molecule has 0 unspecified atom stereocenters. The third-order valence-corrected chi connectivity index (χ3v) is 1.93. The van der Waals surface area contributed by atoms with Crippen LogP contribution in [0.2, 0.25) is 0 Å². The van der Waals surface area contributed by atoms with E-state index in [2.05, 4.69) is 5.32 Å². The lowest BCUT2D eigenvalue weighted by Crippen LogP contribution is -2.43. The number of nitrogens with one attached hydrogen (secondary N) is 1. The molecule has 10 heavy (non-hydrogen) atoms. The first-order valence-electron chi connectivity index (χ1n) is 3.72. The van der Waals surface area contributed by atoms with Gasteiger partial charge in [0.2, 0.25) is 0 Å². The van der Waals surface area contributed by atoms with E-state index in [1.807, 2.05) is 7.05 Å². The summed E-state index contributed by atoms with van der Waals surface area (Å²) in [6.07, 6.45) is 1.52. The maximum atomic E-state index is 9.73. The molecule has 0 atom stereocenters. The number of aliphatic hydroxyl groups is 1. The molecule has 0 aromatic rings. The smallest absolute Gasteiger partial charge is 0.0815 e. The van der Waals surface area contributed by atoms with E-state index < -0.39 is 5.60 Å². The minimum Gasteiger partial charge on any atom is -0.388 e. The highest BCUT2D eigenvalue weighted by molar-refractivity contribution is 4.82. The first-order valence-corrected chi connectivity index (χ1v) is 3.72. The minimum absolute atomic E-state index is 0.507. The van der Waals surface area contributed by atoms with Gasteiger partial charge in [-0.15, -0.1) is 0 Å². The predicted octanol–water partition coefficient (Wildman–Crippen LogP) is -0.253. The number of likely N-dealkylation sites (N-methyl/N-ethyl adjacent to an activating group) is 1. The number of rotatable bonds is 2. The summed E-state index contributed by atoms with van der Waals surface area (Å²) in [7, 11) is 1.85. The molecule has 1 aliphatic rings. The molecular formula is C7H15NO2. The van der Waals surface area contributed by atoms with Crippen molar-refractivity contribution in [2.75, 3.05) is 26.8 Å². The quantitative estimate of drug-likeness (QED) is 0.563. The molecule has 0 bridgehead atoms. The summed E-state index contributed by atoms with van der Waals surface area (Å²) in [5.74, 6) is 0. The second kappa shape index (κ2) is 3.32. The fourth-order valence-electron chi connectivity index (χ4n) is 1.26. The average Bonchev–Trinajstić information content (AvgIpc) is 1.89. The molecule has 2 N–H and O–H groups in total. The summed E-state index contributed by atoms with van der Waals surface area (Å²) in [6.45, 7) is 2.06. The lowest BCUT2D eigenvalue weighted by atomic mass is 9.95. The lowest BCUT2D eigenvalue weighted by Gasteiger charge is -2.31. The molecule has 60 valence electrons. The zero-order chi connectivity index (χ0) is 7.45. The molecule has 1 heterocycles. The van der Waals surface area contributed by atoms with E-state index in [-0.39, 0.29) is 0 Å². The third kappa shape index (κ3) is 1.94. The van der Waals surface area contributed by atoms with Crippen LogP contribution in [0.4, 0.5) is 0 Å². The van der Waals surface area contributed by atoms with E-state index in [9.17, 15) is 5.11 Å². The summed E-state index contributed by atoms with van der Waals surface area (Å²) in [5.41, 5.74) is -0.507. The molecule has 1 saturated heterocycles. The van der Waals surface area contributed by atoms with Crippen molar-refractivity contribution in [3.63, 3.8) is 0 Å². The van der Waals surface area contributed by atoms with Crippen LogP contribution in [0.5, 0.6) is 0 Å². The zero-order valence-corrected chi connectivity index (χ0v) is 6.39. The molecule has 0 radical (unpaired) electrons. The fourth-order valence-corrected chi connectivity index (χ4v) is 1.26. The van der Waals surface area contributed by atoms with Crippen LogP contribution in [0.1, 0.15) is 12.8 Å². The minimum atomic E-state index is -0.507. The molecular weight excluding hydrogens is 130 g/mol. The molecule has 0 amide bonds. The van der Waals surface area contributed by atoms with Crippen molar-refractivity contribution in [1.29, 1.82) is 0 Å². The molecule has 3 nitrogen and oxygen atoms in total. The molecule has 0 aliphatic carbocycles. The standard InChI is InChI=1S/C7H15NO2/c1-8-6-7(9)2-4-10-5-3-7/h8-9H,2-6H2,1H3. The van der Waals surface area contributed by atoms with E-state index in [0.29, 0.717) is 19.8 Å². The van der Waals surface area contributed by atoms with Crippen molar-refractivity contribution < 1.29 is 9.84 Å². The van der Waals surface area contributed by atoms with Gasteiger partial charge in [-0.1, -0.05) is 0 Å². The van der Waals surface area contributed by atoms with Crippen molar-refractivity contribution >= 4 is 0 Å². The Balaban J connectivity index is 2.32. The Hall–Kier alpha value is -0.120. The molecule has 0 aromatic carbocycles. The van der Waals surface area contributed by atoms with Crippen LogP contribution in [0.15, 0.2) is 0 Å². The van der Waals surface area contributed by atoms with Gasteiger partial charge < -0.3 is 15.2 Å². The average molecular weight is 145 g/mol. The Morgan fingerprint density at radius 3 is 2.60 bits per heavy atom. The Kier molecular flexibility index (Phi) is 2.65. The number of hydrogen-bond donors (Lipinski definition) is 2. The summed E-state index contributed by atoms with van der Waals surface area (Å²) >= 11 is 0.